The van der Waals surface area contributed by atoms with Crippen LogP contribution in [0.15, 0.2) is 48.8 Å². The Morgan fingerprint density at radius 3 is 2.33 bits per heavy atom. The molecular formula is C22H27N3O5. The monoisotopic (exact) mass is 413 g/mol. The Kier molecular flexibility index (Phi) is 9.66. The third-order valence-corrected chi connectivity index (χ3v) is 4.40. The number of aromatic nitrogens is 1. The molecule has 2 atom stereocenters. The lowest BCUT2D eigenvalue weighted by molar-refractivity contribution is -0.133. The van der Waals surface area contributed by atoms with Crippen molar-refractivity contribution < 1.29 is 24.3 Å². The third kappa shape index (κ3) is 7.75. The number of nitrogens with zero attached hydrogens (tertiary/aromatic N) is 1. The smallest absolute Gasteiger partial charge is 0.251 e. The van der Waals surface area contributed by atoms with Crippen molar-refractivity contribution >= 4 is 24.0 Å². The zero-order valence-electron chi connectivity index (χ0n) is 17.1. The molecule has 2 aromatic rings. The lowest BCUT2D eigenvalue weighted by atomic mass is 10.0. The Labute approximate surface area is 175 Å². The highest BCUT2D eigenvalue weighted by molar-refractivity contribution is 5.94. The van der Waals surface area contributed by atoms with Crippen molar-refractivity contribution in [3.8, 4) is 0 Å². The summed E-state index contributed by atoms with van der Waals surface area (Å²) in [6.07, 6.45) is 7.67. The predicted octanol–water partition coefficient (Wildman–Crippen LogP) is 2.50. The molecule has 2 rings (SSSR count). The van der Waals surface area contributed by atoms with E-state index in [9.17, 15) is 9.59 Å². The Bertz CT molecular complexity index is 824. The standard InChI is InChI=1S/C22H27N3O5/c1-16(21(26)25-28)13-20(14-30-15-29-2)24-22(27)19-7-5-17(6-8-19)3-4-18-9-11-23-12-10-18/h3-12,16,20,28H,13-15H2,1-2H3,(H,24,27)(H,25,26)/b4-3+/t16-,20-/m0/s1. The molecule has 0 aliphatic carbocycles. The summed E-state index contributed by atoms with van der Waals surface area (Å²) < 4.78 is 10.2. The predicted molar refractivity (Wildman–Crippen MR) is 112 cm³/mol. The summed E-state index contributed by atoms with van der Waals surface area (Å²) in [4.78, 5) is 28.2. The largest absolute Gasteiger partial charge is 0.359 e. The number of carbonyl (C=O) groups is 2. The Hall–Kier alpha value is -3.07. The van der Waals surface area contributed by atoms with Gasteiger partial charge in [0.15, 0.2) is 0 Å². The Balaban J connectivity index is 1.99. The van der Waals surface area contributed by atoms with Crippen molar-refractivity contribution in [2.45, 2.75) is 19.4 Å². The summed E-state index contributed by atoms with van der Waals surface area (Å²) >= 11 is 0. The number of hydroxylamine groups is 1. The molecule has 1 heterocycles. The van der Waals surface area contributed by atoms with E-state index in [0.29, 0.717) is 12.0 Å². The molecule has 0 bridgehead atoms. The molecule has 0 spiro atoms. The number of nitrogens with one attached hydrogen (secondary N) is 2. The molecule has 1 aromatic carbocycles. The highest BCUT2D eigenvalue weighted by Gasteiger charge is 2.21. The fourth-order valence-electron chi connectivity index (χ4n) is 2.77. The lowest BCUT2D eigenvalue weighted by Gasteiger charge is -2.21. The van der Waals surface area contributed by atoms with Crippen LogP contribution in [0.2, 0.25) is 0 Å². The van der Waals surface area contributed by atoms with Crippen LogP contribution in [0.4, 0.5) is 0 Å². The summed E-state index contributed by atoms with van der Waals surface area (Å²) in [6.45, 7) is 1.91. The number of hydrogen-bond donors (Lipinski definition) is 3. The minimum absolute atomic E-state index is 0.0749. The van der Waals surface area contributed by atoms with Crippen molar-refractivity contribution in [1.82, 2.24) is 15.8 Å². The first-order chi connectivity index (χ1) is 14.5. The van der Waals surface area contributed by atoms with E-state index < -0.39 is 17.9 Å². The maximum atomic E-state index is 12.6. The van der Waals surface area contributed by atoms with Gasteiger partial charge in [-0.25, -0.2) is 5.48 Å². The van der Waals surface area contributed by atoms with E-state index in [2.05, 4.69) is 10.3 Å². The number of hydrogen-bond acceptors (Lipinski definition) is 6. The third-order valence-electron chi connectivity index (χ3n) is 4.40. The van der Waals surface area contributed by atoms with Crippen LogP contribution in [0.5, 0.6) is 0 Å². The van der Waals surface area contributed by atoms with E-state index >= 15 is 0 Å². The van der Waals surface area contributed by atoms with Gasteiger partial charge in [0.2, 0.25) is 5.91 Å². The van der Waals surface area contributed by atoms with Gasteiger partial charge in [-0.05, 0) is 41.8 Å². The maximum Gasteiger partial charge on any atom is 0.251 e. The van der Waals surface area contributed by atoms with Crippen LogP contribution in [0, 0.1) is 5.92 Å². The highest BCUT2D eigenvalue weighted by atomic mass is 16.7. The van der Waals surface area contributed by atoms with Crippen LogP contribution >= 0.6 is 0 Å². The molecule has 0 aliphatic rings. The van der Waals surface area contributed by atoms with Crippen LogP contribution in [0.3, 0.4) is 0 Å². The second-order valence-corrected chi connectivity index (χ2v) is 6.80. The zero-order chi connectivity index (χ0) is 21.8. The van der Waals surface area contributed by atoms with Gasteiger partial charge in [0.25, 0.3) is 5.91 Å². The summed E-state index contributed by atoms with van der Waals surface area (Å²) in [5, 5.41) is 11.7. The van der Waals surface area contributed by atoms with E-state index in [-0.39, 0.29) is 19.3 Å². The zero-order valence-corrected chi connectivity index (χ0v) is 17.1. The molecule has 30 heavy (non-hydrogen) atoms. The maximum absolute atomic E-state index is 12.6. The Morgan fingerprint density at radius 2 is 1.73 bits per heavy atom. The van der Waals surface area contributed by atoms with Crippen LogP contribution in [-0.2, 0) is 14.3 Å². The van der Waals surface area contributed by atoms with Gasteiger partial charge in [-0.2, -0.15) is 0 Å². The minimum Gasteiger partial charge on any atom is -0.359 e. The first-order valence-electron chi connectivity index (χ1n) is 9.53. The van der Waals surface area contributed by atoms with Gasteiger partial charge in [0, 0.05) is 31.0 Å². The first-order valence-corrected chi connectivity index (χ1v) is 9.53. The van der Waals surface area contributed by atoms with Crippen molar-refractivity contribution in [3.05, 3.63) is 65.5 Å². The molecule has 0 unspecified atom stereocenters. The lowest BCUT2D eigenvalue weighted by Crippen LogP contribution is -2.41. The van der Waals surface area contributed by atoms with Gasteiger partial charge in [0.05, 0.1) is 12.6 Å². The van der Waals surface area contributed by atoms with E-state index in [4.69, 9.17) is 14.7 Å². The van der Waals surface area contributed by atoms with E-state index in [1.165, 1.54) is 7.11 Å². The van der Waals surface area contributed by atoms with E-state index in [1.807, 2.05) is 36.4 Å². The number of rotatable bonds is 11. The SMILES string of the molecule is COCOC[C@H](C[C@H](C)C(=O)NO)NC(=O)c1ccc(/C=C/c2ccncc2)cc1. The number of benzene rings is 1. The Morgan fingerprint density at radius 1 is 1.10 bits per heavy atom. The molecule has 0 aliphatic heterocycles. The van der Waals surface area contributed by atoms with Gasteiger partial charge in [0.1, 0.15) is 6.79 Å². The molecule has 8 heteroatoms. The van der Waals surface area contributed by atoms with Crippen molar-refractivity contribution in [2.24, 2.45) is 5.92 Å². The molecule has 3 N–H and O–H groups in total. The van der Waals surface area contributed by atoms with Crippen LogP contribution < -0.4 is 10.8 Å². The summed E-state index contributed by atoms with van der Waals surface area (Å²) in [5.74, 6) is -1.30. The van der Waals surface area contributed by atoms with Crippen molar-refractivity contribution in [3.63, 3.8) is 0 Å². The molecule has 0 fully saturated rings. The second kappa shape index (κ2) is 12.5. The number of amides is 2. The van der Waals surface area contributed by atoms with Crippen molar-refractivity contribution in [1.29, 1.82) is 0 Å². The van der Waals surface area contributed by atoms with Gasteiger partial charge >= 0.3 is 0 Å². The summed E-state index contributed by atoms with van der Waals surface area (Å²) in [5.41, 5.74) is 4.11. The molecule has 0 saturated heterocycles. The van der Waals surface area contributed by atoms with Gasteiger partial charge in [-0.3, -0.25) is 19.8 Å². The molecule has 1 aromatic heterocycles. The molecule has 160 valence electrons. The molecule has 2 amide bonds. The van der Waals surface area contributed by atoms with Gasteiger partial charge in [-0.15, -0.1) is 0 Å². The summed E-state index contributed by atoms with van der Waals surface area (Å²) in [6, 6.07) is 10.6. The first kappa shape index (κ1) is 23.2. The normalized spacial score (nSPS) is 13.0. The van der Waals surface area contributed by atoms with Gasteiger partial charge in [-0.1, -0.05) is 31.2 Å². The minimum atomic E-state index is -0.522. The molecule has 8 nitrogen and oxygen atoms in total. The van der Waals surface area contributed by atoms with Crippen LogP contribution in [0.25, 0.3) is 12.2 Å². The van der Waals surface area contributed by atoms with E-state index in [0.717, 1.165) is 11.1 Å². The number of carbonyl (C=O) groups excluding carboxylic acids is 2. The van der Waals surface area contributed by atoms with Gasteiger partial charge < -0.3 is 14.8 Å². The molecule has 0 radical (unpaired) electrons. The number of methoxy groups -OCH3 is 1. The highest BCUT2D eigenvalue weighted by Crippen LogP contribution is 2.12. The fourth-order valence-corrected chi connectivity index (χ4v) is 2.77. The van der Waals surface area contributed by atoms with Crippen LogP contribution in [-0.4, -0.2) is 48.6 Å². The molecule has 0 saturated carbocycles. The van der Waals surface area contributed by atoms with Crippen molar-refractivity contribution in [2.75, 3.05) is 20.5 Å². The summed E-state index contributed by atoms with van der Waals surface area (Å²) in [7, 11) is 1.50. The quantitative estimate of drug-likeness (QED) is 0.226. The topological polar surface area (TPSA) is 110 Å². The number of ether oxygens (including phenoxy) is 2. The van der Waals surface area contributed by atoms with E-state index in [1.54, 1.807) is 36.9 Å². The fraction of sp³-hybridized carbons (Fsp3) is 0.318. The average Bonchev–Trinajstić information content (AvgIpc) is 2.78. The van der Waals surface area contributed by atoms with Crippen LogP contribution in [0.1, 0.15) is 34.8 Å². The second-order valence-electron chi connectivity index (χ2n) is 6.80. The molecular weight excluding hydrogens is 386 g/mol. The number of pyridine rings is 1. The average molecular weight is 413 g/mol.